The Labute approximate surface area is 190 Å². The number of halogens is 2. The molecule has 0 atom stereocenters. The van der Waals surface area contributed by atoms with E-state index in [1.165, 1.54) is 6.08 Å². The molecule has 5 nitrogen and oxygen atoms in total. The Morgan fingerprint density at radius 2 is 1.55 bits per heavy atom. The summed E-state index contributed by atoms with van der Waals surface area (Å²) in [4.78, 5) is 23.7. The largest absolute Gasteiger partial charge is 0.489 e. The molecule has 0 radical (unpaired) electrons. The van der Waals surface area contributed by atoms with Crippen LogP contribution < -0.4 is 10.1 Å². The Hall–Kier alpha value is -3.28. The fourth-order valence-corrected chi connectivity index (χ4v) is 2.92. The number of hydrogen-bond acceptors (Lipinski definition) is 4. The summed E-state index contributed by atoms with van der Waals surface area (Å²) in [7, 11) is 0. The predicted molar refractivity (Wildman–Crippen MR) is 122 cm³/mol. The van der Waals surface area contributed by atoms with Crippen LogP contribution in [0, 0.1) is 0 Å². The molecule has 1 N–H and O–H groups in total. The lowest BCUT2D eigenvalue weighted by Crippen LogP contribution is -2.20. The smallest absolute Gasteiger partial charge is 0.331 e. The number of benzene rings is 3. The topological polar surface area (TPSA) is 64.6 Å². The SMILES string of the molecule is O=C(COC(=O)C=Cc1ccc(OCc2ccccc2Cl)cc1)Nc1ccccc1Cl. The number of hydrogen-bond donors (Lipinski definition) is 1. The molecule has 0 saturated carbocycles. The lowest BCUT2D eigenvalue weighted by molar-refractivity contribution is -0.142. The molecule has 0 aliphatic heterocycles. The zero-order chi connectivity index (χ0) is 22.1. The van der Waals surface area contributed by atoms with Crippen molar-refractivity contribution in [2.24, 2.45) is 0 Å². The number of esters is 1. The Balaban J connectivity index is 1.44. The molecule has 7 heteroatoms. The summed E-state index contributed by atoms with van der Waals surface area (Å²) in [5.74, 6) is -0.431. The molecule has 0 aliphatic carbocycles. The summed E-state index contributed by atoms with van der Waals surface area (Å²) in [6, 6.07) is 21.5. The highest BCUT2D eigenvalue weighted by atomic mass is 35.5. The first-order valence-electron chi connectivity index (χ1n) is 9.37. The van der Waals surface area contributed by atoms with E-state index in [2.05, 4.69) is 5.32 Å². The molecule has 158 valence electrons. The molecular formula is C24H19Cl2NO4. The average Bonchev–Trinajstić information content (AvgIpc) is 2.78. The van der Waals surface area contributed by atoms with E-state index < -0.39 is 18.5 Å². The molecule has 0 unspecified atom stereocenters. The van der Waals surface area contributed by atoms with Crippen LogP contribution in [0.1, 0.15) is 11.1 Å². The minimum absolute atomic E-state index is 0.359. The molecule has 0 aromatic heterocycles. The van der Waals surface area contributed by atoms with Crippen molar-refractivity contribution in [1.29, 1.82) is 0 Å². The molecule has 3 rings (SSSR count). The second-order valence-electron chi connectivity index (χ2n) is 6.42. The van der Waals surface area contributed by atoms with Gasteiger partial charge in [-0.25, -0.2) is 4.79 Å². The molecule has 1 amide bonds. The number of rotatable bonds is 8. The highest BCUT2D eigenvalue weighted by Gasteiger charge is 2.07. The third kappa shape index (κ3) is 7.17. The molecule has 0 spiro atoms. The van der Waals surface area contributed by atoms with Gasteiger partial charge in [-0.05, 0) is 42.0 Å². The molecule has 3 aromatic rings. The van der Waals surface area contributed by atoms with E-state index >= 15 is 0 Å². The maximum atomic E-state index is 11.9. The third-order valence-electron chi connectivity index (χ3n) is 4.14. The maximum absolute atomic E-state index is 11.9. The summed E-state index contributed by atoms with van der Waals surface area (Å²) in [5, 5.41) is 3.64. The van der Waals surface area contributed by atoms with Gasteiger partial charge in [-0.2, -0.15) is 0 Å². The highest BCUT2D eigenvalue weighted by Crippen LogP contribution is 2.21. The summed E-state index contributed by atoms with van der Waals surface area (Å²) >= 11 is 12.1. The lowest BCUT2D eigenvalue weighted by Gasteiger charge is -2.08. The quantitative estimate of drug-likeness (QED) is 0.346. The first-order valence-corrected chi connectivity index (χ1v) is 10.1. The van der Waals surface area contributed by atoms with E-state index in [4.69, 9.17) is 32.7 Å². The van der Waals surface area contributed by atoms with Crippen molar-refractivity contribution >= 4 is 46.8 Å². The zero-order valence-electron chi connectivity index (χ0n) is 16.4. The third-order valence-corrected chi connectivity index (χ3v) is 4.84. The molecular weight excluding hydrogens is 437 g/mol. The van der Waals surface area contributed by atoms with Gasteiger partial charge in [0.15, 0.2) is 6.61 Å². The van der Waals surface area contributed by atoms with Gasteiger partial charge in [-0.15, -0.1) is 0 Å². The van der Waals surface area contributed by atoms with Gasteiger partial charge in [-0.3, -0.25) is 4.79 Å². The average molecular weight is 456 g/mol. The van der Waals surface area contributed by atoms with Gasteiger partial charge in [0.05, 0.1) is 10.7 Å². The lowest BCUT2D eigenvalue weighted by atomic mass is 10.2. The standard InChI is InChI=1S/C24H19Cl2NO4/c25-20-6-2-1-5-18(20)15-30-19-12-9-17(10-13-19)11-14-24(29)31-16-23(28)27-22-8-4-3-7-21(22)26/h1-14H,15-16H2,(H,27,28). The summed E-state index contributed by atoms with van der Waals surface area (Å²) in [5.41, 5.74) is 2.13. The van der Waals surface area contributed by atoms with Crippen LogP contribution in [0.5, 0.6) is 5.75 Å². The summed E-state index contributed by atoms with van der Waals surface area (Å²) < 4.78 is 10.7. The van der Waals surface area contributed by atoms with Crippen LogP contribution in [-0.2, 0) is 20.9 Å². The molecule has 0 heterocycles. The van der Waals surface area contributed by atoms with E-state index in [1.54, 1.807) is 54.6 Å². The van der Waals surface area contributed by atoms with E-state index in [0.29, 0.717) is 28.1 Å². The minimum atomic E-state index is -0.631. The zero-order valence-corrected chi connectivity index (χ0v) is 17.9. The monoisotopic (exact) mass is 455 g/mol. The van der Waals surface area contributed by atoms with Crippen molar-refractivity contribution in [3.63, 3.8) is 0 Å². The van der Waals surface area contributed by atoms with Crippen LogP contribution in [0.2, 0.25) is 10.0 Å². The first-order chi connectivity index (χ1) is 15.0. The number of para-hydroxylation sites is 1. The second kappa shape index (κ2) is 11.2. The number of carbonyl (C=O) groups excluding carboxylic acids is 2. The van der Waals surface area contributed by atoms with Crippen molar-refractivity contribution in [3.8, 4) is 5.75 Å². The second-order valence-corrected chi connectivity index (χ2v) is 7.23. The molecule has 0 aliphatic rings. The van der Waals surface area contributed by atoms with E-state index in [0.717, 1.165) is 11.1 Å². The fourth-order valence-electron chi connectivity index (χ4n) is 2.55. The van der Waals surface area contributed by atoms with Crippen molar-refractivity contribution in [2.45, 2.75) is 6.61 Å². The van der Waals surface area contributed by atoms with Crippen LogP contribution in [-0.4, -0.2) is 18.5 Å². The normalized spacial score (nSPS) is 10.6. The van der Waals surface area contributed by atoms with E-state index in [1.807, 2.05) is 24.3 Å². The molecule has 31 heavy (non-hydrogen) atoms. The van der Waals surface area contributed by atoms with Crippen LogP contribution in [0.15, 0.2) is 78.9 Å². The van der Waals surface area contributed by atoms with Gasteiger partial charge in [0, 0.05) is 16.7 Å². The Bertz CT molecular complexity index is 1080. The molecule has 0 bridgehead atoms. The molecule has 0 saturated heterocycles. The number of ether oxygens (including phenoxy) is 2. The van der Waals surface area contributed by atoms with Crippen molar-refractivity contribution in [1.82, 2.24) is 0 Å². The van der Waals surface area contributed by atoms with Crippen LogP contribution in [0.25, 0.3) is 6.08 Å². The van der Waals surface area contributed by atoms with Gasteiger partial charge in [-0.1, -0.05) is 65.7 Å². The van der Waals surface area contributed by atoms with Crippen molar-refractivity contribution < 1.29 is 19.1 Å². The predicted octanol–water partition coefficient (Wildman–Crippen LogP) is 5.77. The van der Waals surface area contributed by atoms with Crippen LogP contribution in [0.4, 0.5) is 5.69 Å². The Kier molecular flexibility index (Phi) is 8.10. The number of nitrogens with one attached hydrogen (secondary N) is 1. The van der Waals surface area contributed by atoms with Crippen LogP contribution >= 0.6 is 23.2 Å². The van der Waals surface area contributed by atoms with Crippen molar-refractivity contribution in [2.75, 3.05) is 11.9 Å². The van der Waals surface area contributed by atoms with Gasteiger partial charge in [0.1, 0.15) is 12.4 Å². The van der Waals surface area contributed by atoms with Gasteiger partial charge in [0.2, 0.25) is 0 Å². The molecule has 0 fully saturated rings. The van der Waals surface area contributed by atoms with Crippen molar-refractivity contribution in [3.05, 3.63) is 100 Å². The first kappa shape index (κ1) is 22.4. The Morgan fingerprint density at radius 3 is 2.26 bits per heavy atom. The number of anilines is 1. The minimum Gasteiger partial charge on any atom is -0.489 e. The maximum Gasteiger partial charge on any atom is 0.331 e. The van der Waals surface area contributed by atoms with Gasteiger partial charge < -0.3 is 14.8 Å². The Morgan fingerprint density at radius 1 is 0.871 bits per heavy atom. The van der Waals surface area contributed by atoms with Crippen LogP contribution in [0.3, 0.4) is 0 Å². The highest BCUT2D eigenvalue weighted by molar-refractivity contribution is 6.33. The summed E-state index contributed by atoms with van der Waals surface area (Å²) in [6.07, 6.45) is 2.84. The molecule has 3 aromatic carbocycles. The summed E-state index contributed by atoms with van der Waals surface area (Å²) in [6.45, 7) is -0.0549. The number of carbonyl (C=O) groups is 2. The van der Waals surface area contributed by atoms with Gasteiger partial charge >= 0.3 is 5.97 Å². The van der Waals surface area contributed by atoms with E-state index in [9.17, 15) is 9.59 Å². The fraction of sp³-hybridized carbons (Fsp3) is 0.0833. The van der Waals surface area contributed by atoms with Gasteiger partial charge in [0.25, 0.3) is 5.91 Å². The van der Waals surface area contributed by atoms with E-state index in [-0.39, 0.29) is 0 Å². The number of amides is 1.